The number of aromatic amines is 1. The van der Waals surface area contributed by atoms with Crippen molar-refractivity contribution in [1.29, 1.82) is 0 Å². The van der Waals surface area contributed by atoms with Gasteiger partial charge in [-0.05, 0) is 22.1 Å². The summed E-state index contributed by atoms with van der Waals surface area (Å²) in [6.07, 6.45) is 3.00. The van der Waals surface area contributed by atoms with Crippen LogP contribution in [-0.4, -0.2) is 32.8 Å². The van der Waals surface area contributed by atoms with E-state index in [0.29, 0.717) is 0 Å². The highest BCUT2D eigenvalue weighted by molar-refractivity contribution is 6.19. The van der Waals surface area contributed by atoms with Crippen LogP contribution in [0.4, 0.5) is 5.95 Å². The van der Waals surface area contributed by atoms with E-state index >= 15 is 0 Å². The van der Waals surface area contributed by atoms with Gasteiger partial charge in [-0.2, -0.15) is 0 Å². The van der Waals surface area contributed by atoms with Gasteiger partial charge in [-0.3, -0.25) is 14.9 Å². The Morgan fingerprint density at radius 2 is 2.11 bits per heavy atom. The van der Waals surface area contributed by atoms with Crippen molar-refractivity contribution in [3.05, 3.63) is 41.5 Å². The van der Waals surface area contributed by atoms with Crippen LogP contribution in [0, 0.1) is 0 Å². The molecule has 0 unspecified atom stereocenters. The van der Waals surface area contributed by atoms with E-state index in [0.717, 1.165) is 5.56 Å². The molecule has 2 aromatic rings. The van der Waals surface area contributed by atoms with Gasteiger partial charge in [0, 0.05) is 0 Å². The topological polar surface area (TPSA) is 101 Å². The number of anilines is 1. The van der Waals surface area contributed by atoms with E-state index < -0.39 is 5.91 Å². The molecule has 18 heavy (non-hydrogen) atoms. The molecule has 7 heteroatoms. The number of aromatic nitrogens is 4. The number of rotatable bonds is 4. The van der Waals surface area contributed by atoms with Crippen LogP contribution in [-0.2, 0) is 9.59 Å². The molecule has 1 aromatic heterocycles. The lowest BCUT2D eigenvalue weighted by Gasteiger charge is -1.99. The van der Waals surface area contributed by atoms with Crippen LogP contribution in [0.3, 0.4) is 0 Å². The average Bonchev–Trinajstić information content (AvgIpc) is 2.90. The highest BCUT2D eigenvalue weighted by Crippen LogP contribution is 2.06. The summed E-state index contributed by atoms with van der Waals surface area (Å²) in [7, 11) is 0. The molecule has 1 amide bonds. The standard InChI is InChI=1S/C11H8N5O2/c17-7-9(6-8-4-2-1-3-5-8)10(18)12-11-13-15-16-14-11/h1-6H,(H2,12,13,14,15,16,18). The molecule has 7 nitrogen and oxygen atoms in total. The van der Waals surface area contributed by atoms with E-state index in [2.05, 4.69) is 25.9 Å². The molecule has 0 saturated heterocycles. The molecule has 0 saturated carbocycles. The molecule has 0 aliphatic carbocycles. The van der Waals surface area contributed by atoms with E-state index in [-0.39, 0.29) is 11.5 Å². The third-order valence-electron chi connectivity index (χ3n) is 2.04. The predicted molar refractivity (Wildman–Crippen MR) is 62.9 cm³/mol. The fourth-order valence-electron chi connectivity index (χ4n) is 1.24. The van der Waals surface area contributed by atoms with Crippen molar-refractivity contribution < 1.29 is 9.59 Å². The summed E-state index contributed by atoms with van der Waals surface area (Å²) >= 11 is 0. The first-order valence-electron chi connectivity index (χ1n) is 4.99. The first-order chi connectivity index (χ1) is 8.79. The molecule has 1 heterocycles. The van der Waals surface area contributed by atoms with Crippen LogP contribution >= 0.6 is 0 Å². The van der Waals surface area contributed by atoms with Gasteiger partial charge in [-0.1, -0.05) is 35.4 Å². The van der Waals surface area contributed by atoms with Crippen LogP contribution in [0.2, 0.25) is 0 Å². The molecule has 0 fully saturated rings. The smallest absolute Gasteiger partial charge is 0.262 e. The number of nitrogens with one attached hydrogen (secondary N) is 2. The lowest BCUT2D eigenvalue weighted by Crippen LogP contribution is -2.16. The van der Waals surface area contributed by atoms with Gasteiger partial charge in [0.05, 0.1) is 5.57 Å². The molecule has 2 N–H and O–H groups in total. The summed E-state index contributed by atoms with van der Waals surface area (Å²) in [6, 6.07) is 8.96. The second-order valence-corrected chi connectivity index (χ2v) is 3.27. The van der Waals surface area contributed by atoms with Crippen LogP contribution < -0.4 is 5.32 Å². The minimum atomic E-state index is -0.632. The van der Waals surface area contributed by atoms with Gasteiger partial charge >= 0.3 is 0 Å². The zero-order valence-electron chi connectivity index (χ0n) is 9.12. The molecular weight excluding hydrogens is 234 g/mol. The number of hydrogen-bond acceptors (Lipinski definition) is 5. The van der Waals surface area contributed by atoms with E-state index in [9.17, 15) is 9.59 Å². The van der Waals surface area contributed by atoms with E-state index in [4.69, 9.17) is 0 Å². The normalized spacial score (nSPS) is 11.0. The van der Waals surface area contributed by atoms with Crippen LogP contribution in [0.1, 0.15) is 5.56 Å². The second kappa shape index (κ2) is 5.48. The molecular formula is C11H8N5O2. The van der Waals surface area contributed by atoms with E-state index in [1.807, 2.05) is 6.07 Å². The maximum atomic E-state index is 11.7. The van der Waals surface area contributed by atoms with Gasteiger partial charge < -0.3 is 0 Å². The molecule has 0 spiro atoms. The number of H-pyrrole nitrogens is 1. The minimum Gasteiger partial charge on any atom is -0.289 e. The van der Waals surface area contributed by atoms with Crippen LogP contribution in [0.5, 0.6) is 0 Å². The predicted octanol–water partition coefficient (Wildman–Crippen LogP) is 0.331. The number of amides is 1. The first-order valence-corrected chi connectivity index (χ1v) is 4.99. The summed E-state index contributed by atoms with van der Waals surface area (Å²) in [4.78, 5) is 22.5. The number of benzene rings is 1. The molecule has 2 rings (SSSR count). The molecule has 0 aliphatic heterocycles. The van der Waals surface area contributed by atoms with Gasteiger partial charge in [0.2, 0.25) is 12.2 Å². The monoisotopic (exact) mass is 242 g/mol. The quantitative estimate of drug-likeness (QED) is 0.457. The van der Waals surface area contributed by atoms with Crippen molar-refractivity contribution in [1.82, 2.24) is 20.6 Å². The van der Waals surface area contributed by atoms with Crippen molar-refractivity contribution in [2.45, 2.75) is 0 Å². The maximum absolute atomic E-state index is 11.7. The number of nitrogens with zero attached hydrogens (tertiary/aromatic N) is 3. The maximum Gasteiger partial charge on any atom is 0.262 e. The van der Waals surface area contributed by atoms with Gasteiger partial charge in [0.1, 0.15) is 0 Å². The second-order valence-electron chi connectivity index (χ2n) is 3.27. The van der Waals surface area contributed by atoms with Crippen molar-refractivity contribution in [2.75, 3.05) is 5.32 Å². The van der Waals surface area contributed by atoms with E-state index in [1.54, 1.807) is 30.6 Å². The molecule has 0 bridgehead atoms. The van der Waals surface area contributed by atoms with Crippen LogP contribution in [0.15, 0.2) is 35.9 Å². The largest absolute Gasteiger partial charge is 0.289 e. The molecule has 1 radical (unpaired) electrons. The summed E-state index contributed by atoms with van der Waals surface area (Å²) < 4.78 is 0. The van der Waals surface area contributed by atoms with Crippen molar-refractivity contribution >= 4 is 24.2 Å². The third kappa shape index (κ3) is 2.85. The Bertz CT molecular complexity index is 562. The first kappa shape index (κ1) is 11.6. The molecule has 1 aromatic carbocycles. The van der Waals surface area contributed by atoms with Gasteiger partial charge in [-0.15, -0.1) is 0 Å². The number of tetrazole rings is 1. The lowest BCUT2D eigenvalue weighted by atomic mass is 10.1. The van der Waals surface area contributed by atoms with Gasteiger partial charge in [-0.25, -0.2) is 5.10 Å². The highest BCUT2D eigenvalue weighted by atomic mass is 16.2. The molecule has 89 valence electrons. The highest BCUT2D eigenvalue weighted by Gasteiger charge is 2.11. The summed E-state index contributed by atoms with van der Waals surface area (Å²) in [5.41, 5.74) is 0.583. The van der Waals surface area contributed by atoms with Crippen molar-refractivity contribution in [3.63, 3.8) is 0 Å². The number of carbonyl (C=O) groups excluding carboxylic acids is 2. The molecule has 0 aliphatic rings. The average molecular weight is 242 g/mol. The Morgan fingerprint density at radius 1 is 1.33 bits per heavy atom. The summed E-state index contributed by atoms with van der Waals surface area (Å²) in [6.45, 7) is 0. The van der Waals surface area contributed by atoms with Gasteiger partial charge in [0.25, 0.3) is 5.91 Å². The Kier molecular flexibility index (Phi) is 3.55. The Labute approximate surface area is 102 Å². The fraction of sp³-hybridized carbons (Fsp3) is 0. The zero-order chi connectivity index (χ0) is 12.8. The number of carbonyl (C=O) groups is 1. The summed E-state index contributed by atoms with van der Waals surface area (Å²) in [5.74, 6) is -0.568. The van der Waals surface area contributed by atoms with Gasteiger partial charge in [0.15, 0.2) is 0 Å². The minimum absolute atomic E-state index is 0.0641. The molecule has 0 atom stereocenters. The number of hydrogen-bond donors (Lipinski definition) is 2. The van der Waals surface area contributed by atoms with Crippen LogP contribution in [0.25, 0.3) is 6.08 Å². The lowest BCUT2D eigenvalue weighted by molar-refractivity contribution is -0.112. The van der Waals surface area contributed by atoms with Crippen molar-refractivity contribution in [3.8, 4) is 0 Å². The fourth-order valence-corrected chi connectivity index (χ4v) is 1.24. The van der Waals surface area contributed by atoms with Crippen molar-refractivity contribution in [2.24, 2.45) is 0 Å². The third-order valence-corrected chi connectivity index (χ3v) is 2.04. The Hall–Kier alpha value is -2.83. The zero-order valence-corrected chi connectivity index (χ0v) is 9.12. The van der Waals surface area contributed by atoms with E-state index in [1.165, 1.54) is 6.08 Å². The summed E-state index contributed by atoms with van der Waals surface area (Å²) in [5, 5.41) is 14.7. The SMILES string of the molecule is O=[C]C(=Cc1ccccc1)C(=O)Nc1nnn[nH]1. The Balaban J connectivity index is 2.16. The Morgan fingerprint density at radius 3 is 2.72 bits per heavy atom.